The maximum Gasteiger partial charge on any atom is 0.0615 e. The lowest BCUT2D eigenvalue weighted by atomic mass is 9.84. The van der Waals surface area contributed by atoms with E-state index in [0.29, 0.717) is 6.04 Å². The van der Waals surface area contributed by atoms with Gasteiger partial charge in [0, 0.05) is 13.2 Å². The molecule has 0 aliphatic carbocycles. The Bertz CT molecular complexity index is 123. The van der Waals surface area contributed by atoms with Crippen LogP contribution in [-0.2, 0) is 4.74 Å². The molecule has 0 radical (unpaired) electrons. The average Bonchev–Trinajstić information content (AvgIpc) is 2.05. The zero-order valence-electron chi connectivity index (χ0n) is 8.47. The van der Waals surface area contributed by atoms with Crippen molar-refractivity contribution in [1.29, 1.82) is 0 Å². The highest BCUT2D eigenvalue weighted by Gasteiger charge is 2.23. The van der Waals surface area contributed by atoms with Crippen molar-refractivity contribution in [3.05, 3.63) is 0 Å². The molecule has 1 aliphatic heterocycles. The highest BCUT2D eigenvalue weighted by atomic mass is 16.5. The van der Waals surface area contributed by atoms with Crippen molar-refractivity contribution in [3.8, 4) is 0 Å². The van der Waals surface area contributed by atoms with Gasteiger partial charge >= 0.3 is 0 Å². The van der Waals surface area contributed by atoms with Gasteiger partial charge in [-0.15, -0.1) is 0 Å². The molecule has 0 aromatic rings. The van der Waals surface area contributed by atoms with Crippen LogP contribution in [-0.4, -0.2) is 26.3 Å². The van der Waals surface area contributed by atoms with Gasteiger partial charge in [0.1, 0.15) is 0 Å². The number of ether oxygens (including phenoxy) is 1. The molecular formula is C10H21NO. The average molecular weight is 171 g/mol. The Kier molecular flexibility index (Phi) is 4.02. The van der Waals surface area contributed by atoms with Crippen LogP contribution in [0.2, 0.25) is 0 Å². The molecule has 0 saturated carbocycles. The smallest absolute Gasteiger partial charge is 0.0615 e. The van der Waals surface area contributed by atoms with Gasteiger partial charge in [-0.2, -0.15) is 0 Å². The van der Waals surface area contributed by atoms with E-state index < -0.39 is 0 Å². The van der Waals surface area contributed by atoms with Crippen molar-refractivity contribution in [1.82, 2.24) is 5.32 Å². The van der Waals surface area contributed by atoms with E-state index in [1.807, 2.05) is 0 Å². The van der Waals surface area contributed by atoms with Crippen LogP contribution in [0.4, 0.5) is 0 Å². The molecule has 2 nitrogen and oxygen atoms in total. The SMILES string of the molecule is COCC1CC(C(C)C)CCN1. The van der Waals surface area contributed by atoms with Crippen LogP contribution >= 0.6 is 0 Å². The summed E-state index contributed by atoms with van der Waals surface area (Å²) in [6, 6.07) is 0.594. The normalized spacial score (nSPS) is 31.0. The molecular weight excluding hydrogens is 150 g/mol. The molecule has 0 amide bonds. The summed E-state index contributed by atoms with van der Waals surface area (Å²) in [7, 11) is 1.78. The first-order valence-corrected chi connectivity index (χ1v) is 4.96. The first-order valence-electron chi connectivity index (χ1n) is 4.96. The summed E-state index contributed by atoms with van der Waals surface area (Å²) in [6.07, 6.45) is 2.61. The molecule has 0 aromatic carbocycles. The highest BCUT2D eigenvalue weighted by Crippen LogP contribution is 2.23. The molecule has 1 rings (SSSR count). The van der Waals surface area contributed by atoms with Crippen LogP contribution in [0.25, 0.3) is 0 Å². The summed E-state index contributed by atoms with van der Waals surface area (Å²) in [6.45, 7) is 6.67. The van der Waals surface area contributed by atoms with Gasteiger partial charge in [0.2, 0.25) is 0 Å². The molecule has 2 atom stereocenters. The standard InChI is InChI=1S/C10H21NO/c1-8(2)9-4-5-11-10(6-9)7-12-3/h8-11H,4-7H2,1-3H3. The second kappa shape index (κ2) is 4.83. The highest BCUT2D eigenvalue weighted by molar-refractivity contribution is 4.79. The first kappa shape index (κ1) is 10.0. The molecule has 1 N–H and O–H groups in total. The summed E-state index contributed by atoms with van der Waals surface area (Å²) in [5.74, 6) is 1.72. The molecule has 1 saturated heterocycles. The van der Waals surface area contributed by atoms with E-state index in [2.05, 4.69) is 19.2 Å². The summed E-state index contributed by atoms with van der Waals surface area (Å²) in [5.41, 5.74) is 0. The Morgan fingerprint density at radius 2 is 2.25 bits per heavy atom. The number of piperidine rings is 1. The lowest BCUT2D eigenvalue weighted by Gasteiger charge is -2.32. The molecule has 1 fully saturated rings. The third-order valence-corrected chi connectivity index (χ3v) is 2.85. The minimum Gasteiger partial charge on any atom is -0.383 e. The minimum atomic E-state index is 0.594. The molecule has 1 heterocycles. The van der Waals surface area contributed by atoms with Gasteiger partial charge in [0.05, 0.1) is 6.61 Å². The molecule has 2 heteroatoms. The Morgan fingerprint density at radius 1 is 1.50 bits per heavy atom. The minimum absolute atomic E-state index is 0.594. The third kappa shape index (κ3) is 2.76. The largest absolute Gasteiger partial charge is 0.383 e. The van der Waals surface area contributed by atoms with Gasteiger partial charge in [0.25, 0.3) is 0 Å². The van der Waals surface area contributed by atoms with Gasteiger partial charge in [0.15, 0.2) is 0 Å². The number of nitrogens with one attached hydrogen (secondary N) is 1. The summed E-state index contributed by atoms with van der Waals surface area (Å²) >= 11 is 0. The predicted molar refractivity (Wildman–Crippen MR) is 51.2 cm³/mol. The molecule has 0 aromatic heterocycles. The van der Waals surface area contributed by atoms with Gasteiger partial charge < -0.3 is 10.1 Å². The third-order valence-electron chi connectivity index (χ3n) is 2.85. The van der Waals surface area contributed by atoms with Crippen molar-refractivity contribution in [3.63, 3.8) is 0 Å². The Hall–Kier alpha value is -0.0800. The quantitative estimate of drug-likeness (QED) is 0.697. The Balaban J connectivity index is 2.30. The second-order valence-corrected chi connectivity index (χ2v) is 4.13. The van der Waals surface area contributed by atoms with Gasteiger partial charge in [-0.05, 0) is 31.2 Å². The fraction of sp³-hybridized carbons (Fsp3) is 1.00. The fourth-order valence-corrected chi connectivity index (χ4v) is 1.97. The maximum absolute atomic E-state index is 5.15. The van der Waals surface area contributed by atoms with E-state index in [9.17, 15) is 0 Å². The second-order valence-electron chi connectivity index (χ2n) is 4.13. The molecule has 1 aliphatic rings. The monoisotopic (exact) mass is 171 g/mol. The summed E-state index contributed by atoms with van der Waals surface area (Å²) in [5, 5.41) is 3.48. The number of methoxy groups -OCH3 is 1. The van der Waals surface area contributed by atoms with E-state index in [1.54, 1.807) is 7.11 Å². The van der Waals surface area contributed by atoms with Crippen LogP contribution in [0.15, 0.2) is 0 Å². The van der Waals surface area contributed by atoms with E-state index in [0.717, 1.165) is 25.0 Å². The predicted octanol–water partition coefficient (Wildman–Crippen LogP) is 1.66. The van der Waals surface area contributed by atoms with Crippen LogP contribution in [0, 0.1) is 11.8 Å². The van der Waals surface area contributed by atoms with E-state index in [4.69, 9.17) is 4.74 Å². The topological polar surface area (TPSA) is 21.3 Å². The van der Waals surface area contributed by atoms with Crippen LogP contribution in [0.3, 0.4) is 0 Å². The van der Waals surface area contributed by atoms with Crippen molar-refractivity contribution in [2.45, 2.75) is 32.7 Å². The van der Waals surface area contributed by atoms with Crippen molar-refractivity contribution < 1.29 is 4.74 Å². The van der Waals surface area contributed by atoms with Crippen LogP contribution in [0.1, 0.15) is 26.7 Å². The van der Waals surface area contributed by atoms with Gasteiger partial charge in [-0.25, -0.2) is 0 Å². The van der Waals surface area contributed by atoms with Crippen LogP contribution < -0.4 is 5.32 Å². The zero-order valence-corrected chi connectivity index (χ0v) is 8.47. The van der Waals surface area contributed by atoms with Crippen LogP contribution in [0.5, 0.6) is 0 Å². The van der Waals surface area contributed by atoms with E-state index in [-0.39, 0.29) is 0 Å². The zero-order chi connectivity index (χ0) is 8.97. The van der Waals surface area contributed by atoms with Gasteiger partial charge in [-0.1, -0.05) is 13.8 Å². The fourth-order valence-electron chi connectivity index (χ4n) is 1.97. The molecule has 72 valence electrons. The van der Waals surface area contributed by atoms with E-state index in [1.165, 1.54) is 12.8 Å². The summed E-state index contributed by atoms with van der Waals surface area (Å²) in [4.78, 5) is 0. The maximum atomic E-state index is 5.15. The van der Waals surface area contributed by atoms with Crippen molar-refractivity contribution in [2.75, 3.05) is 20.3 Å². The Labute approximate surface area is 75.7 Å². The number of hydrogen-bond donors (Lipinski definition) is 1. The molecule has 0 spiro atoms. The van der Waals surface area contributed by atoms with Gasteiger partial charge in [-0.3, -0.25) is 0 Å². The summed E-state index contributed by atoms with van der Waals surface area (Å²) < 4.78 is 5.15. The van der Waals surface area contributed by atoms with Crippen molar-refractivity contribution in [2.24, 2.45) is 11.8 Å². The Morgan fingerprint density at radius 3 is 2.83 bits per heavy atom. The first-order chi connectivity index (χ1) is 5.74. The molecule has 2 unspecified atom stereocenters. The lowest BCUT2D eigenvalue weighted by molar-refractivity contribution is 0.128. The number of rotatable bonds is 3. The number of hydrogen-bond acceptors (Lipinski definition) is 2. The van der Waals surface area contributed by atoms with Crippen molar-refractivity contribution >= 4 is 0 Å². The van der Waals surface area contributed by atoms with E-state index >= 15 is 0 Å². The molecule has 12 heavy (non-hydrogen) atoms. The molecule has 0 bridgehead atoms. The lowest BCUT2D eigenvalue weighted by Crippen LogP contribution is -2.42.